The Hall–Kier alpha value is -1.87. The van der Waals surface area contributed by atoms with Crippen molar-refractivity contribution in [3.05, 3.63) is 59.9 Å². The number of pyridine rings is 1. The summed E-state index contributed by atoms with van der Waals surface area (Å²) in [4.78, 5) is 4.23. The van der Waals surface area contributed by atoms with Crippen molar-refractivity contribution in [3.63, 3.8) is 0 Å². The number of aromatic nitrogens is 1. The lowest BCUT2D eigenvalue weighted by Crippen LogP contribution is -2.00. The summed E-state index contributed by atoms with van der Waals surface area (Å²) in [5.41, 5.74) is 8.21. The minimum Gasteiger partial charge on any atom is -0.399 e. The fraction of sp³-hybridized carbons (Fsp3) is 0.214. The topological polar surface area (TPSA) is 59.1 Å². The number of nitrogens with zero attached hydrogens (tertiary/aromatic N) is 1. The summed E-state index contributed by atoms with van der Waals surface area (Å²) in [7, 11) is 0. The first-order valence-corrected chi connectivity index (χ1v) is 5.69. The van der Waals surface area contributed by atoms with Crippen LogP contribution < -0.4 is 5.73 Å². The van der Waals surface area contributed by atoms with Gasteiger partial charge in [0.05, 0.1) is 6.10 Å². The predicted molar refractivity (Wildman–Crippen MR) is 68.4 cm³/mol. The molecule has 2 rings (SSSR count). The summed E-state index contributed by atoms with van der Waals surface area (Å²) in [5.74, 6) is 0. The van der Waals surface area contributed by atoms with Crippen molar-refractivity contribution in [2.24, 2.45) is 0 Å². The van der Waals surface area contributed by atoms with Crippen LogP contribution in [-0.4, -0.2) is 10.1 Å². The van der Waals surface area contributed by atoms with Crippen LogP contribution in [-0.2, 0) is 6.42 Å². The smallest absolute Gasteiger partial charge is 0.0793 e. The second-order valence-electron chi connectivity index (χ2n) is 4.04. The molecule has 1 unspecified atom stereocenters. The van der Waals surface area contributed by atoms with Crippen molar-refractivity contribution in [2.75, 3.05) is 5.73 Å². The number of hydrogen-bond donors (Lipinski definition) is 2. The van der Waals surface area contributed by atoms with E-state index in [9.17, 15) is 5.11 Å². The molecule has 0 aliphatic heterocycles. The van der Waals surface area contributed by atoms with Crippen molar-refractivity contribution < 1.29 is 5.11 Å². The molecular weight excluding hydrogens is 212 g/mol. The molecule has 1 heterocycles. The minimum absolute atomic E-state index is 0.461. The quantitative estimate of drug-likeness (QED) is 0.789. The average molecular weight is 228 g/mol. The van der Waals surface area contributed by atoms with Gasteiger partial charge in [-0.05, 0) is 42.7 Å². The van der Waals surface area contributed by atoms with Crippen LogP contribution >= 0.6 is 0 Å². The summed E-state index contributed by atoms with van der Waals surface area (Å²) < 4.78 is 0. The lowest BCUT2D eigenvalue weighted by Gasteiger charge is -2.10. The number of aryl methyl sites for hydroxylation is 1. The summed E-state index contributed by atoms with van der Waals surface area (Å²) >= 11 is 0. The molecule has 0 fully saturated rings. The SMILES string of the molecule is Nc1ccc(C(O)CCc2ccccn2)cc1. The Kier molecular flexibility index (Phi) is 3.73. The van der Waals surface area contributed by atoms with Gasteiger partial charge < -0.3 is 10.8 Å². The van der Waals surface area contributed by atoms with E-state index in [1.165, 1.54) is 0 Å². The van der Waals surface area contributed by atoms with Gasteiger partial charge in [0.15, 0.2) is 0 Å². The van der Waals surface area contributed by atoms with Gasteiger partial charge in [-0.3, -0.25) is 4.98 Å². The Morgan fingerprint density at radius 3 is 2.53 bits per heavy atom. The first kappa shape index (κ1) is 11.6. The minimum atomic E-state index is -0.461. The van der Waals surface area contributed by atoms with Crippen molar-refractivity contribution in [1.29, 1.82) is 0 Å². The Morgan fingerprint density at radius 1 is 1.12 bits per heavy atom. The number of benzene rings is 1. The van der Waals surface area contributed by atoms with Crippen LogP contribution in [0.15, 0.2) is 48.7 Å². The van der Waals surface area contributed by atoms with Crippen LogP contribution in [0.1, 0.15) is 23.8 Å². The maximum atomic E-state index is 10.0. The molecule has 1 aromatic carbocycles. The Labute approximate surface area is 101 Å². The predicted octanol–water partition coefficient (Wildman–Crippen LogP) is 2.33. The molecule has 3 nitrogen and oxygen atoms in total. The second-order valence-corrected chi connectivity index (χ2v) is 4.04. The molecule has 0 saturated carbocycles. The van der Waals surface area contributed by atoms with E-state index in [1.807, 2.05) is 30.3 Å². The number of rotatable bonds is 4. The van der Waals surface area contributed by atoms with E-state index in [0.29, 0.717) is 12.1 Å². The maximum absolute atomic E-state index is 10.0. The van der Waals surface area contributed by atoms with Gasteiger partial charge in [0, 0.05) is 17.6 Å². The van der Waals surface area contributed by atoms with Crippen LogP contribution in [0.3, 0.4) is 0 Å². The number of nitrogen functional groups attached to an aromatic ring is 1. The molecule has 17 heavy (non-hydrogen) atoms. The van der Waals surface area contributed by atoms with E-state index in [4.69, 9.17) is 5.73 Å². The fourth-order valence-electron chi connectivity index (χ4n) is 1.72. The molecule has 0 spiro atoms. The highest BCUT2D eigenvalue weighted by molar-refractivity contribution is 5.39. The molecule has 0 radical (unpaired) electrons. The number of aliphatic hydroxyl groups is 1. The third-order valence-electron chi connectivity index (χ3n) is 2.72. The largest absolute Gasteiger partial charge is 0.399 e. The van der Waals surface area contributed by atoms with Gasteiger partial charge in [-0.2, -0.15) is 0 Å². The molecule has 88 valence electrons. The Bertz CT molecular complexity index is 453. The van der Waals surface area contributed by atoms with Gasteiger partial charge in [-0.15, -0.1) is 0 Å². The molecule has 1 aromatic heterocycles. The van der Waals surface area contributed by atoms with Crippen LogP contribution in [0, 0.1) is 0 Å². The molecule has 2 aromatic rings. The zero-order valence-electron chi connectivity index (χ0n) is 9.58. The van der Waals surface area contributed by atoms with Gasteiger partial charge in [-0.1, -0.05) is 18.2 Å². The second kappa shape index (κ2) is 5.46. The molecule has 0 aliphatic rings. The lowest BCUT2D eigenvalue weighted by atomic mass is 10.0. The molecule has 0 amide bonds. The van der Waals surface area contributed by atoms with Crippen LogP contribution in [0.25, 0.3) is 0 Å². The van der Waals surface area contributed by atoms with Gasteiger partial charge in [0.25, 0.3) is 0 Å². The van der Waals surface area contributed by atoms with Crippen molar-refractivity contribution in [1.82, 2.24) is 4.98 Å². The van der Waals surface area contributed by atoms with Gasteiger partial charge >= 0.3 is 0 Å². The lowest BCUT2D eigenvalue weighted by molar-refractivity contribution is 0.167. The third kappa shape index (κ3) is 3.29. The number of hydrogen-bond acceptors (Lipinski definition) is 3. The maximum Gasteiger partial charge on any atom is 0.0793 e. The normalized spacial score (nSPS) is 12.3. The van der Waals surface area contributed by atoms with Gasteiger partial charge in [-0.25, -0.2) is 0 Å². The third-order valence-corrected chi connectivity index (χ3v) is 2.72. The molecule has 0 saturated heterocycles. The Morgan fingerprint density at radius 2 is 1.88 bits per heavy atom. The highest BCUT2D eigenvalue weighted by Gasteiger charge is 2.07. The molecular formula is C14H16N2O. The molecule has 0 aliphatic carbocycles. The summed E-state index contributed by atoms with van der Waals surface area (Å²) in [6.07, 6.45) is 2.75. The van der Waals surface area contributed by atoms with Gasteiger partial charge in [0.2, 0.25) is 0 Å². The van der Waals surface area contributed by atoms with Crippen LogP contribution in [0.2, 0.25) is 0 Å². The highest BCUT2D eigenvalue weighted by atomic mass is 16.3. The summed E-state index contributed by atoms with van der Waals surface area (Å²) in [5, 5.41) is 10.0. The van der Waals surface area contributed by atoms with E-state index in [2.05, 4.69) is 4.98 Å². The monoisotopic (exact) mass is 228 g/mol. The fourth-order valence-corrected chi connectivity index (χ4v) is 1.72. The summed E-state index contributed by atoms with van der Waals surface area (Å²) in [6.45, 7) is 0. The first-order chi connectivity index (χ1) is 8.25. The molecule has 1 atom stereocenters. The highest BCUT2D eigenvalue weighted by Crippen LogP contribution is 2.19. The van der Waals surface area contributed by atoms with Crippen molar-refractivity contribution in [3.8, 4) is 0 Å². The standard InChI is InChI=1S/C14H16N2O/c15-12-6-4-11(5-7-12)14(17)9-8-13-3-1-2-10-16-13/h1-7,10,14,17H,8-9,15H2. The molecule has 3 heteroatoms. The van der Waals surface area contributed by atoms with E-state index in [0.717, 1.165) is 17.7 Å². The molecule has 3 N–H and O–H groups in total. The summed E-state index contributed by atoms with van der Waals surface area (Å²) in [6, 6.07) is 13.1. The molecule has 0 bridgehead atoms. The van der Waals surface area contributed by atoms with Crippen LogP contribution in [0.4, 0.5) is 5.69 Å². The van der Waals surface area contributed by atoms with E-state index in [-0.39, 0.29) is 0 Å². The van der Waals surface area contributed by atoms with E-state index in [1.54, 1.807) is 18.3 Å². The average Bonchev–Trinajstić information content (AvgIpc) is 2.38. The zero-order chi connectivity index (χ0) is 12.1. The van der Waals surface area contributed by atoms with E-state index >= 15 is 0 Å². The first-order valence-electron chi connectivity index (χ1n) is 5.69. The van der Waals surface area contributed by atoms with E-state index < -0.39 is 6.10 Å². The Balaban J connectivity index is 1.93. The van der Waals surface area contributed by atoms with Gasteiger partial charge in [0.1, 0.15) is 0 Å². The number of nitrogens with two attached hydrogens (primary N) is 1. The zero-order valence-corrected chi connectivity index (χ0v) is 9.58. The van der Waals surface area contributed by atoms with Crippen molar-refractivity contribution in [2.45, 2.75) is 18.9 Å². The number of aliphatic hydroxyl groups excluding tert-OH is 1. The van der Waals surface area contributed by atoms with Crippen LogP contribution in [0.5, 0.6) is 0 Å². The number of anilines is 1. The van der Waals surface area contributed by atoms with Crippen molar-refractivity contribution >= 4 is 5.69 Å².